The van der Waals surface area contributed by atoms with E-state index >= 15 is 0 Å². The summed E-state index contributed by atoms with van der Waals surface area (Å²) in [6, 6.07) is 4.09. The number of methoxy groups -OCH3 is 1. The first-order valence-corrected chi connectivity index (χ1v) is 5.20. The van der Waals surface area contributed by atoms with E-state index in [1.165, 1.54) is 18.2 Å². The van der Waals surface area contributed by atoms with Crippen molar-refractivity contribution < 1.29 is 73.9 Å². The molecule has 0 spiro atoms. The molecule has 0 saturated heterocycles. The maximum absolute atomic E-state index is 12.3. The number of hydrogen-bond donors (Lipinski definition) is 0. The first kappa shape index (κ1) is 17.7. The number of ether oxygens (including phenoxy) is 1. The van der Waals surface area contributed by atoms with Crippen LogP contribution in [0.5, 0.6) is 0 Å². The Morgan fingerprint density at radius 2 is 2.00 bits per heavy atom. The van der Waals surface area contributed by atoms with Crippen LogP contribution in [0.15, 0.2) is 22.7 Å². The second kappa shape index (κ2) is 7.30. The molecule has 0 atom stereocenters. The molecule has 0 aliphatic rings. The van der Waals surface area contributed by atoms with E-state index in [0.717, 1.165) is 7.11 Å². The summed E-state index contributed by atoms with van der Waals surface area (Å²) in [5.74, 6) is -0.762. The smallest absolute Gasteiger partial charge is 0.465 e. The van der Waals surface area contributed by atoms with Crippen LogP contribution in [0.1, 0.15) is 15.9 Å². The van der Waals surface area contributed by atoms with E-state index in [-0.39, 0.29) is 62.5 Å². The minimum atomic E-state index is -4.98. The van der Waals surface area contributed by atoms with E-state index in [9.17, 15) is 17.7 Å². The standard InChI is InChI=1S/C9H8BBrF3O2.K/c1-16-9(15)8-3-2-7(11)4-6(8)5-10(12,13)14;/h2-4H,5H2,1H3;/q-1;+1. The van der Waals surface area contributed by atoms with Gasteiger partial charge in [-0.25, -0.2) is 4.79 Å². The van der Waals surface area contributed by atoms with Gasteiger partial charge >= 0.3 is 64.3 Å². The van der Waals surface area contributed by atoms with Crippen molar-refractivity contribution in [2.24, 2.45) is 0 Å². The van der Waals surface area contributed by atoms with Gasteiger partial charge < -0.3 is 17.7 Å². The fourth-order valence-electron chi connectivity index (χ4n) is 1.29. The zero-order valence-electron chi connectivity index (χ0n) is 9.34. The number of halogens is 4. The normalized spacial score (nSPS) is 10.6. The van der Waals surface area contributed by atoms with Crippen LogP contribution >= 0.6 is 15.9 Å². The van der Waals surface area contributed by atoms with Crippen molar-refractivity contribution in [3.63, 3.8) is 0 Å². The number of hydrogen-bond acceptors (Lipinski definition) is 2. The summed E-state index contributed by atoms with van der Waals surface area (Å²) in [5.41, 5.74) is -0.126. The van der Waals surface area contributed by atoms with Gasteiger partial charge in [0.1, 0.15) is 0 Å². The molecule has 88 valence electrons. The van der Waals surface area contributed by atoms with Gasteiger partial charge in [-0.15, -0.1) is 0 Å². The maximum Gasteiger partial charge on any atom is 1.00 e. The Kier molecular flexibility index (Phi) is 7.58. The van der Waals surface area contributed by atoms with Crippen LogP contribution in [0.3, 0.4) is 0 Å². The second-order valence-electron chi connectivity index (χ2n) is 3.21. The summed E-state index contributed by atoms with van der Waals surface area (Å²) < 4.78 is 41.9. The molecule has 0 amide bonds. The fourth-order valence-corrected chi connectivity index (χ4v) is 1.70. The Balaban J connectivity index is 0.00000256. The van der Waals surface area contributed by atoms with Crippen LogP contribution < -0.4 is 51.4 Å². The molecule has 0 aromatic heterocycles. The van der Waals surface area contributed by atoms with Crippen molar-refractivity contribution in [3.8, 4) is 0 Å². The quantitative estimate of drug-likeness (QED) is 0.582. The Morgan fingerprint density at radius 3 is 2.47 bits per heavy atom. The van der Waals surface area contributed by atoms with Crippen molar-refractivity contribution >= 4 is 28.9 Å². The van der Waals surface area contributed by atoms with Crippen molar-refractivity contribution in [1.82, 2.24) is 0 Å². The molecule has 0 fully saturated rings. The molecule has 2 nitrogen and oxygen atoms in total. The SMILES string of the molecule is COC(=O)c1ccc(Br)cc1C[B-](F)(F)F.[K+]. The zero-order chi connectivity index (χ0) is 12.3. The molecule has 0 heterocycles. The van der Waals surface area contributed by atoms with Crippen molar-refractivity contribution in [3.05, 3.63) is 33.8 Å². The number of carbonyl (C=O) groups excluding carboxylic acids is 1. The Morgan fingerprint density at radius 1 is 1.41 bits per heavy atom. The van der Waals surface area contributed by atoms with Crippen LogP contribution in [0.25, 0.3) is 0 Å². The predicted octanol–water partition coefficient (Wildman–Crippen LogP) is 0.169. The van der Waals surface area contributed by atoms with E-state index < -0.39 is 19.3 Å². The molecule has 0 unspecified atom stereocenters. The molecule has 8 heteroatoms. The summed E-state index contributed by atoms with van der Waals surface area (Å²) in [4.78, 5) is 11.2. The van der Waals surface area contributed by atoms with Crippen LogP contribution in [-0.2, 0) is 11.1 Å². The van der Waals surface area contributed by atoms with Gasteiger partial charge in [-0.3, -0.25) is 0 Å². The van der Waals surface area contributed by atoms with E-state index in [0.29, 0.717) is 4.47 Å². The van der Waals surface area contributed by atoms with Crippen LogP contribution in [0.2, 0.25) is 0 Å². The topological polar surface area (TPSA) is 26.3 Å². The fraction of sp³-hybridized carbons (Fsp3) is 0.222. The van der Waals surface area contributed by atoms with E-state index in [1.807, 2.05) is 0 Å². The van der Waals surface area contributed by atoms with Gasteiger partial charge in [0.25, 0.3) is 0 Å². The van der Waals surface area contributed by atoms with E-state index in [1.54, 1.807) is 0 Å². The van der Waals surface area contributed by atoms with Crippen LogP contribution in [0, 0.1) is 0 Å². The summed E-state index contributed by atoms with van der Waals surface area (Å²) in [6.07, 6.45) is -1.09. The molecule has 0 aliphatic carbocycles. The molecule has 1 aromatic rings. The molecule has 0 aliphatic heterocycles. The largest absolute Gasteiger partial charge is 1.00 e. The van der Waals surface area contributed by atoms with Crippen LogP contribution in [-0.4, -0.2) is 20.1 Å². The summed E-state index contributed by atoms with van der Waals surface area (Å²) in [5, 5.41) is 0. The first-order valence-electron chi connectivity index (χ1n) is 4.41. The number of esters is 1. The summed E-state index contributed by atoms with van der Waals surface area (Å²) in [7, 11) is 1.13. The average Bonchev–Trinajstić information content (AvgIpc) is 2.14. The Labute approximate surface area is 148 Å². The third-order valence-corrected chi connectivity index (χ3v) is 2.42. The van der Waals surface area contributed by atoms with Gasteiger partial charge in [-0.2, -0.15) is 0 Å². The molecular formula is C9H8BBrF3KO2. The Bertz CT molecular complexity index is 412. The number of benzene rings is 1. The van der Waals surface area contributed by atoms with Crippen molar-refractivity contribution in [1.29, 1.82) is 0 Å². The van der Waals surface area contributed by atoms with Gasteiger partial charge in [0.05, 0.1) is 12.7 Å². The third kappa shape index (κ3) is 5.89. The molecule has 0 N–H and O–H groups in total. The first-order chi connectivity index (χ1) is 7.33. The minimum Gasteiger partial charge on any atom is -0.465 e. The summed E-state index contributed by atoms with van der Waals surface area (Å²) in [6.45, 7) is -4.98. The molecule has 0 radical (unpaired) electrons. The summed E-state index contributed by atoms with van der Waals surface area (Å²) >= 11 is 3.06. The van der Waals surface area contributed by atoms with Gasteiger partial charge in [0.15, 0.2) is 0 Å². The van der Waals surface area contributed by atoms with Crippen LogP contribution in [0.4, 0.5) is 12.9 Å². The monoisotopic (exact) mass is 334 g/mol. The molecule has 1 aromatic carbocycles. The van der Waals surface area contributed by atoms with Crippen molar-refractivity contribution in [2.45, 2.75) is 6.32 Å². The Hall–Kier alpha value is 0.661. The zero-order valence-corrected chi connectivity index (χ0v) is 14.1. The molecule has 17 heavy (non-hydrogen) atoms. The average molecular weight is 335 g/mol. The molecular weight excluding hydrogens is 327 g/mol. The number of rotatable bonds is 3. The second-order valence-corrected chi connectivity index (χ2v) is 4.12. The minimum absolute atomic E-state index is 0. The van der Waals surface area contributed by atoms with Gasteiger partial charge in [0.2, 0.25) is 0 Å². The van der Waals surface area contributed by atoms with Gasteiger partial charge in [-0.05, 0) is 18.2 Å². The third-order valence-electron chi connectivity index (χ3n) is 1.92. The van der Waals surface area contributed by atoms with E-state index in [2.05, 4.69) is 20.7 Å². The molecule has 1 rings (SSSR count). The predicted molar refractivity (Wildman–Crippen MR) is 58.3 cm³/mol. The maximum atomic E-state index is 12.3. The van der Waals surface area contributed by atoms with Crippen molar-refractivity contribution in [2.75, 3.05) is 7.11 Å². The molecule has 0 saturated carbocycles. The molecule has 0 bridgehead atoms. The van der Waals surface area contributed by atoms with Gasteiger partial charge in [-0.1, -0.05) is 27.8 Å². The number of carbonyl (C=O) groups is 1. The van der Waals surface area contributed by atoms with E-state index in [4.69, 9.17) is 0 Å². The van der Waals surface area contributed by atoms with Gasteiger partial charge in [0, 0.05) is 4.47 Å².